The van der Waals surface area contributed by atoms with Gasteiger partial charge in [-0.15, -0.1) is 0 Å². The van der Waals surface area contributed by atoms with E-state index in [2.05, 4.69) is 21.5 Å². The van der Waals surface area contributed by atoms with E-state index in [1.165, 1.54) is 19.1 Å². The highest BCUT2D eigenvalue weighted by Crippen LogP contribution is 2.13. The summed E-state index contributed by atoms with van der Waals surface area (Å²) < 4.78 is 4.79. The van der Waals surface area contributed by atoms with Gasteiger partial charge in [-0.3, -0.25) is 9.69 Å². The molecular weight excluding hydrogens is 220 g/mol. The first kappa shape index (κ1) is 11.4. The first-order valence-electron chi connectivity index (χ1n) is 3.94. The van der Waals surface area contributed by atoms with Gasteiger partial charge in [-0.05, 0) is 17.7 Å². The van der Waals surface area contributed by atoms with E-state index in [-0.39, 0.29) is 23.1 Å². The molecule has 0 saturated heterocycles. The molecular formula is C8H9ClN4O2. The molecule has 0 atom stereocenters. The van der Waals surface area contributed by atoms with Crippen LogP contribution in [0.2, 0.25) is 5.28 Å². The highest BCUT2D eigenvalue weighted by Gasteiger charge is 2.13. The number of rotatable bonds is 3. The maximum atomic E-state index is 11.2. The number of amides is 1. The topological polar surface area (TPSA) is 68.2 Å². The third-order valence-corrected chi connectivity index (χ3v) is 1.73. The minimum absolute atomic E-state index is 0.0411. The summed E-state index contributed by atoms with van der Waals surface area (Å²) in [5.74, 6) is -0.240. The van der Waals surface area contributed by atoms with Crippen molar-refractivity contribution in [3.63, 3.8) is 0 Å². The summed E-state index contributed by atoms with van der Waals surface area (Å²) in [6.45, 7) is 3.35. The van der Waals surface area contributed by atoms with Crippen molar-refractivity contribution in [2.24, 2.45) is 0 Å². The van der Waals surface area contributed by atoms with Crippen LogP contribution in [0, 0.1) is 0 Å². The standard InChI is InChI=1S/C8H9ClN4O2/c1-4-5(14)13(2)7-10-6(9)11-8(12-7)15-3/h4H,1H2,2-3H3. The monoisotopic (exact) mass is 228 g/mol. The molecule has 80 valence electrons. The van der Waals surface area contributed by atoms with Crippen molar-refractivity contribution in [3.05, 3.63) is 17.9 Å². The fourth-order valence-electron chi connectivity index (χ4n) is 0.799. The second-order valence-electron chi connectivity index (χ2n) is 2.49. The predicted molar refractivity (Wildman–Crippen MR) is 55.0 cm³/mol. The van der Waals surface area contributed by atoms with Crippen LogP contribution in [-0.4, -0.2) is 35.0 Å². The zero-order valence-corrected chi connectivity index (χ0v) is 9.02. The summed E-state index contributed by atoms with van der Waals surface area (Å²) in [7, 11) is 2.89. The van der Waals surface area contributed by atoms with E-state index >= 15 is 0 Å². The van der Waals surface area contributed by atoms with Crippen LogP contribution in [-0.2, 0) is 4.79 Å². The summed E-state index contributed by atoms with van der Waals surface area (Å²) in [4.78, 5) is 23.7. The Morgan fingerprint density at radius 3 is 2.73 bits per heavy atom. The van der Waals surface area contributed by atoms with Crippen molar-refractivity contribution in [2.75, 3.05) is 19.1 Å². The number of ether oxygens (including phenoxy) is 1. The zero-order chi connectivity index (χ0) is 11.4. The van der Waals surface area contributed by atoms with Crippen molar-refractivity contribution in [1.29, 1.82) is 0 Å². The van der Waals surface area contributed by atoms with Gasteiger partial charge < -0.3 is 4.74 Å². The van der Waals surface area contributed by atoms with Crippen molar-refractivity contribution in [1.82, 2.24) is 15.0 Å². The van der Waals surface area contributed by atoms with Gasteiger partial charge in [0.05, 0.1) is 7.11 Å². The quantitative estimate of drug-likeness (QED) is 0.712. The molecule has 1 rings (SSSR count). The lowest BCUT2D eigenvalue weighted by Crippen LogP contribution is -2.26. The molecule has 1 amide bonds. The SMILES string of the molecule is C=CC(=O)N(C)c1nc(Cl)nc(OC)n1. The zero-order valence-electron chi connectivity index (χ0n) is 8.27. The van der Waals surface area contributed by atoms with E-state index in [4.69, 9.17) is 16.3 Å². The molecule has 1 aromatic rings. The van der Waals surface area contributed by atoms with Crippen LogP contribution >= 0.6 is 11.6 Å². The Labute approximate surface area is 91.6 Å². The molecule has 6 nitrogen and oxygen atoms in total. The van der Waals surface area contributed by atoms with E-state index in [0.717, 1.165) is 6.08 Å². The smallest absolute Gasteiger partial charge is 0.322 e. The summed E-state index contributed by atoms with van der Waals surface area (Å²) in [6, 6.07) is 0.0497. The number of hydrogen-bond donors (Lipinski definition) is 0. The van der Waals surface area contributed by atoms with Crippen molar-refractivity contribution in [3.8, 4) is 6.01 Å². The Morgan fingerprint density at radius 1 is 1.53 bits per heavy atom. The van der Waals surface area contributed by atoms with Crippen molar-refractivity contribution < 1.29 is 9.53 Å². The van der Waals surface area contributed by atoms with Crippen LogP contribution in [0.5, 0.6) is 6.01 Å². The van der Waals surface area contributed by atoms with Crippen LogP contribution in [0.15, 0.2) is 12.7 Å². The van der Waals surface area contributed by atoms with E-state index in [1.54, 1.807) is 0 Å². The molecule has 0 bridgehead atoms. The lowest BCUT2D eigenvalue weighted by molar-refractivity contribution is -0.113. The molecule has 0 saturated carbocycles. The number of hydrogen-bond acceptors (Lipinski definition) is 5. The summed E-state index contributed by atoms with van der Waals surface area (Å²) in [5.41, 5.74) is 0. The fourth-order valence-corrected chi connectivity index (χ4v) is 0.947. The molecule has 0 N–H and O–H groups in total. The van der Waals surface area contributed by atoms with E-state index < -0.39 is 0 Å². The van der Waals surface area contributed by atoms with Gasteiger partial charge >= 0.3 is 6.01 Å². The van der Waals surface area contributed by atoms with Gasteiger partial charge in [0.2, 0.25) is 11.2 Å². The van der Waals surface area contributed by atoms with Crippen LogP contribution in [0.25, 0.3) is 0 Å². The normalized spacial score (nSPS) is 9.53. The van der Waals surface area contributed by atoms with Crippen LogP contribution in [0.3, 0.4) is 0 Å². The van der Waals surface area contributed by atoms with Gasteiger partial charge in [-0.1, -0.05) is 6.58 Å². The Morgan fingerprint density at radius 2 is 2.20 bits per heavy atom. The number of aromatic nitrogens is 3. The molecule has 0 fully saturated rings. The highest BCUT2D eigenvalue weighted by atomic mass is 35.5. The molecule has 15 heavy (non-hydrogen) atoms. The largest absolute Gasteiger partial charge is 0.467 e. The molecule has 1 aromatic heterocycles. The van der Waals surface area contributed by atoms with Gasteiger partial charge in [0.1, 0.15) is 0 Å². The Kier molecular flexibility index (Phi) is 3.56. The molecule has 0 unspecified atom stereocenters. The number of methoxy groups -OCH3 is 1. The lowest BCUT2D eigenvalue weighted by Gasteiger charge is -2.12. The number of anilines is 1. The third-order valence-electron chi connectivity index (χ3n) is 1.56. The van der Waals surface area contributed by atoms with Crippen LogP contribution in [0.1, 0.15) is 0 Å². The number of carbonyl (C=O) groups excluding carboxylic acids is 1. The molecule has 0 aromatic carbocycles. The van der Waals surface area contributed by atoms with Gasteiger partial charge in [0, 0.05) is 7.05 Å². The summed E-state index contributed by atoms with van der Waals surface area (Å²) >= 11 is 5.61. The van der Waals surface area contributed by atoms with E-state index in [0.29, 0.717) is 0 Å². The molecule has 0 aliphatic carbocycles. The minimum atomic E-state index is -0.348. The molecule has 0 spiro atoms. The van der Waals surface area contributed by atoms with E-state index in [9.17, 15) is 4.79 Å². The molecule has 0 aliphatic heterocycles. The Bertz CT molecular complexity index is 396. The molecule has 0 aliphatic rings. The van der Waals surface area contributed by atoms with Gasteiger partial charge in [-0.25, -0.2) is 0 Å². The predicted octanol–water partition coefficient (Wildman–Crippen LogP) is 0.682. The maximum absolute atomic E-state index is 11.2. The minimum Gasteiger partial charge on any atom is -0.467 e. The summed E-state index contributed by atoms with van der Waals surface area (Å²) in [6.07, 6.45) is 1.14. The average molecular weight is 229 g/mol. The van der Waals surface area contributed by atoms with Gasteiger partial charge in [0.15, 0.2) is 0 Å². The maximum Gasteiger partial charge on any atom is 0.322 e. The second-order valence-corrected chi connectivity index (χ2v) is 2.83. The van der Waals surface area contributed by atoms with Gasteiger partial charge in [0.25, 0.3) is 5.91 Å². The number of likely N-dealkylation sites (N-methyl/N-ethyl adjacent to an activating group) is 1. The Balaban J connectivity index is 3.08. The summed E-state index contributed by atoms with van der Waals surface area (Å²) in [5, 5.41) is -0.0411. The number of nitrogens with zero attached hydrogens (tertiary/aromatic N) is 4. The first-order chi connectivity index (χ1) is 7.08. The lowest BCUT2D eigenvalue weighted by atomic mass is 10.5. The number of carbonyl (C=O) groups is 1. The Hall–Kier alpha value is -1.69. The molecule has 1 heterocycles. The van der Waals surface area contributed by atoms with Crippen LogP contribution in [0.4, 0.5) is 5.95 Å². The molecule has 0 radical (unpaired) electrons. The number of halogens is 1. The molecule has 7 heteroatoms. The van der Waals surface area contributed by atoms with Crippen LogP contribution < -0.4 is 9.64 Å². The average Bonchev–Trinajstić information content (AvgIpc) is 2.26. The first-order valence-corrected chi connectivity index (χ1v) is 4.32. The van der Waals surface area contributed by atoms with E-state index in [1.807, 2.05) is 0 Å². The third kappa shape index (κ3) is 2.63. The second kappa shape index (κ2) is 4.70. The highest BCUT2D eigenvalue weighted by molar-refractivity contribution is 6.28. The van der Waals surface area contributed by atoms with Gasteiger partial charge in [-0.2, -0.15) is 15.0 Å². The fraction of sp³-hybridized carbons (Fsp3) is 0.250. The van der Waals surface area contributed by atoms with Crippen molar-refractivity contribution >= 4 is 23.5 Å². The van der Waals surface area contributed by atoms with Crippen molar-refractivity contribution in [2.45, 2.75) is 0 Å².